The second kappa shape index (κ2) is 8.10. The summed E-state index contributed by atoms with van der Waals surface area (Å²) in [5.41, 5.74) is 6.58. The van der Waals surface area contributed by atoms with E-state index in [1.165, 1.54) is 22.3 Å². The van der Waals surface area contributed by atoms with Crippen molar-refractivity contribution in [3.05, 3.63) is 76.9 Å². The zero-order valence-corrected chi connectivity index (χ0v) is 17.3. The molecule has 4 nitrogen and oxygen atoms in total. The zero-order valence-electron chi connectivity index (χ0n) is 17.3. The lowest BCUT2D eigenvalue weighted by Gasteiger charge is -2.38. The second-order valence-electron chi connectivity index (χ2n) is 8.69. The minimum Gasteiger partial charge on any atom is -0.347 e. The Hall–Kier alpha value is -2.88. The van der Waals surface area contributed by atoms with Gasteiger partial charge in [-0.2, -0.15) is 0 Å². The SMILES string of the molecule is O=C(NCC(=O)N1CCC2=C(Cc3ccccc32)C1c1ccccc1)C1CCCC1. The third-order valence-corrected chi connectivity index (χ3v) is 6.93. The van der Waals surface area contributed by atoms with Crippen LogP contribution < -0.4 is 5.32 Å². The lowest BCUT2D eigenvalue weighted by Crippen LogP contribution is -2.45. The van der Waals surface area contributed by atoms with Gasteiger partial charge in [0.1, 0.15) is 0 Å². The summed E-state index contributed by atoms with van der Waals surface area (Å²) in [7, 11) is 0. The maximum absolute atomic E-state index is 13.3. The minimum atomic E-state index is -0.0572. The first kappa shape index (κ1) is 19.1. The summed E-state index contributed by atoms with van der Waals surface area (Å²) in [6.45, 7) is 0.777. The van der Waals surface area contributed by atoms with E-state index in [9.17, 15) is 9.59 Å². The van der Waals surface area contributed by atoms with Gasteiger partial charge in [-0.05, 0) is 53.5 Å². The zero-order chi connectivity index (χ0) is 20.5. The lowest BCUT2D eigenvalue weighted by molar-refractivity contribution is -0.135. The molecule has 154 valence electrons. The van der Waals surface area contributed by atoms with Crippen LogP contribution in [0.4, 0.5) is 0 Å². The summed E-state index contributed by atoms with van der Waals surface area (Å²) in [5.74, 6) is 0.141. The maximum atomic E-state index is 13.3. The van der Waals surface area contributed by atoms with Crippen molar-refractivity contribution < 1.29 is 9.59 Å². The van der Waals surface area contributed by atoms with E-state index in [4.69, 9.17) is 0 Å². The molecule has 2 aliphatic carbocycles. The van der Waals surface area contributed by atoms with E-state index in [1.54, 1.807) is 0 Å². The van der Waals surface area contributed by atoms with Gasteiger partial charge in [-0.25, -0.2) is 0 Å². The van der Waals surface area contributed by atoms with Gasteiger partial charge in [0.25, 0.3) is 0 Å². The maximum Gasteiger partial charge on any atom is 0.242 e. The molecule has 0 radical (unpaired) electrons. The monoisotopic (exact) mass is 400 g/mol. The van der Waals surface area contributed by atoms with Crippen LogP contribution in [-0.4, -0.2) is 29.8 Å². The molecule has 1 atom stereocenters. The Morgan fingerprint density at radius 2 is 1.70 bits per heavy atom. The highest BCUT2D eigenvalue weighted by atomic mass is 16.2. The van der Waals surface area contributed by atoms with Crippen molar-refractivity contribution in [2.45, 2.75) is 44.6 Å². The van der Waals surface area contributed by atoms with Crippen LogP contribution in [0.2, 0.25) is 0 Å². The Bertz CT molecular complexity index is 989. The number of carbonyl (C=O) groups is 2. The molecular weight excluding hydrogens is 372 g/mol. The normalized spacial score (nSPS) is 20.8. The molecule has 0 bridgehead atoms. The molecule has 4 heteroatoms. The summed E-state index contributed by atoms with van der Waals surface area (Å²) in [6, 6.07) is 18.9. The van der Waals surface area contributed by atoms with Gasteiger partial charge in [-0.15, -0.1) is 0 Å². The molecule has 1 heterocycles. The van der Waals surface area contributed by atoms with Crippen LogP contribution in [0.5, 0.6) is 0 Å². The van der Waals surface area contributed by atoms with E-state index in [0.717, 1.165) is 44.1 Å². The summed E-state index contributed by atoms with van der Waals surface area (Å²) in [4.78, 5) is 27.7. The van der Waals surface area contributed by atoms with Crippen molar-refractivity contribution >= 4 is 17.4 Å². The molecule has 0 spiro atoms. The molecule has 1 N–H and O–H groups in total. The first-order valence-corrected chi connectivity index (χ1v) is 11.1. The van der Waals surface area contributed by atoms with Gasteiger partial charge in [0.05, 0.1) is 12.6 Å². The Kier molecular flexibility index (Phi) is 5.16. The smallest absolute Gasteiger partial charge is 0.242 e. The molecule has 0 saturated heterocycles. The van der Waals surface area contributed by atoms with Gasteiger partial charge in [0.2, 0.25) is 11.8 Å². The van der Waals surface area contributed by atoms with Crippen molar-refractivity contribution in [1.29, 1.82) is 0 Å². The quantitative estimate of drug-likeness (QED) is 0.833. The highest BCUT2D eigenvalue weighted by molar-refractivity contribution is 5.88. The highest BCUT2D eigenvalue weighted by Gasteiger charge is 2.37. The number of amides is 2. The molecule has 5 rings (SSSR count). The molecular formula is C26H28N2O2. The number of hydrogen-bond acceptors (Lipinski definition) is 2. The van der Waals surface area contributed by atoms with E-state index < -0.39 is 0 Å². The molecule has 1 aliphatic heterocycles. The fourth-order valence-corrected chi connectivity index (χ4v) is 5.44. The van der Waals surface area contributed by atoms with Crippen LogP contribution in [0.15, 0.2) is 60.2 Å². The largest absolute Gasteiger partial charge is 0.347 e. The van der Waals surface area contributed by atoms with Crippen LogP contribution >= 0.6 is 0 Å². The number of nitrogens with one attached hydrogen (secondary N) is 1. The van der Waals surface area contributed by atoms with E-state index in [-0.39, 0.29) is 30.3 Å². The standard InChI is InChI=1S/C26H28N2O2/c29-24(17-27-26(30)19-10-4-5-11-19)28-15-14-22-21-13-7-6-12-20(21)16-23(22)25(28)18-8-2-1-3-9-18/h1-3,6-9,12-13,19,25H,4-5,10-11,14-17H2,(H,27,30). The number of hydrogen-bond donors (Lipinski definition) is 1. The summed E-state index contributed by atoms with van der Waals surface area (Å²) in [5, 5.41) is 2.92. The molecule has 3 aliphatic rings. The first-order chi connectivity index (χ1) is 14.7. The highest BCUT2D eigenvalue weighted by Crippen LogP contribution is 2.46. The van der Waals surface area contributed by atoms with Gasteiger partial charge < -0.3 is 10.2 Å². The van der Waals surface area contributed by atoms with Gasteiger partial charge in [0.15, 0.2) is 0 Å². The summed E-state index contributed by atoms with van der Waals surface area (Å²) < 4.78 is 0. The Balaban J connectivity index is 1.40. The van der Waals surface area contributed by atoms with E-state index in [2.05, 4.69) is 41.7 Å². The van der Waals surface area contributed by atoms with Crippen molar-refractivity contribution in [1.82, 2.24) is 10.2 Å². The average molecular weight is 401 g/mol. The predicted molar refractivity (Wildman–Crippen MR) is 118 cm³/mol. The fraction of sp³-hybridized carbons (Fsp3) is 0.385. The van der Waals surface area contributed by atoms with Crippen LogP contribution in [0.1, 0.15) is 54.8 Å². The van der Waals surface area contributed by atoms with Crippen LogP contribution in [-0.2, 0) is 16.0 Å². The fourth-order valence-electron chi connectivity index (χ4n) is 5.44. The average Bonchev–Trinajstić information content (AvgIpc) is 3.45. The molecule has 2 aromatic rings. The van der Waals surface area contributed by atoms with Gasteiger partial charge in [-0.3, -0.25) is 9.59 Å². The van der Waals surface area contributed by atoms with Crippen molar-refractivity contribution in [3.63, 3.8) is 0 Å². The molecule has 1 fully saturated rings. The van der Waals surface area contributed by atoms with Crippen molar-refractivity contribution in [2.24, 2.45) is 5.92 Å². The topological polar surface area (TPSA) is 49.4 Å². The Labute approximate surface area is 178 Å². The molecule has 30 heavy (non-hydrogen) atoms. The van der Waals surface area contributed by atoms with E-state index >= 15 is 0 Å². The predicted octanol–water partition coefficient (Wildman–Crippen LogP) is 4.28. The van der Waals surface area contributed by atoms with Crippen LogP contribution in [0.3, 0.4) is 0 Å². The Morgan fingerprint density at radius 3 is 2.50 bits per heavy atom. The lowest BCUT2D eigenvalue weighted by atomic mass is 9.88. The van der Waals surface area contributed by atoms with Gasteiger partial charge in [0, 0.05) is 12.5 Å². The van der Waals surface area contributed by atoms with E-state index in [0.29, 0.717) is 6.54 Å². The van der Waals surface area contributed by atoms with Crippen LogP contribution in [0, 0.1) is 5.92 Å². The molecule has 1 saturated carbocycles. The number of carbonyl (C=O) groups excluding carboxylic acids is 2. The molecule has 0 aromatic heterocycles. The summed E-state index contributed by atoms with van der Waals surface area (Å²) in [6.07, 6.45) is 5.90. The molecule has 2 amide bonds. The van der Waals surface area contributed by atoms with Crippen LogP contribution in [0.25, 0.3) is 5.57 Å². The number of rotatable bonds is 4. The molecule has 2 aromatic carbocycles. The second-order valence-corrected chi connectivity index (χ2v) is 8.69. The minimum absolute atomic E-state index is 0.0118. The first-order valence-electron chi connectivity index (χ1n) is 11.1. The van der Waals surface area contributed by atoms with Gasteiger partial charge in [-0.1, -0.05) is 67.4 Å². The summed E-state index contributed by atoms with van der Waals surface area (Å²) >= 11 is 0. The van der Waals surface area contributed by atoms with Crippen molar-refractivity contribution in [2.75, 3.05) is 13.1 Å². The number of fused-ring (bicyclic) bond motifs is 2. The Morgan fingerprint density at radius 1 is 0.967 bits per heavy atom. The third-order valence-electron chi connectivity index (χ3n) is 6.93. The third kappa shape index (κ3) is 3.45. The number of nitrogens with zero attached hydrogens (tertiary/aromatic N) is 1. The number of benzene rings is 2. The van der Waals surface area contributed by atoms with Crippen molar-refractivity contribution in [3.8, 4) is 0 Å². The van der Waals surface area contributed by atoms with Gasteiger partial charge >= 0.3 is 0 Å². The van der Waals surface area contributed by atoms with E-state index in [1.807, 2.05) is 23.1 Å². The molecule has 1 unspecified atom stereocenters.